The van der Waals surface area contributed by atoms with Gasteiger partial charge < -0.3 is 20.7 Å². The molecule has 0 radical (unpaired) electrons. The summed E-state index contributed by atoms with van der Waals surface area (Å²) in [7, 11) is 1.61. The van der Waals surface area contributed by atoms with Crippen LogP contribution < -0.4 is 20.7 Å². The number of benzene rings is 3. The number of nitrogens with zero attached hydrogens (tertiary/aromatic N) is 2. The molecule has 3 amide bonds. The third kappa shape index (κ3) is 5.60. The van der Waals surface area contributed by atoms with Crippen molar-refractivity contribution in [1.82, 2.24) is 15.1 Å². The Labute approximate surface area is 197 Å². The van der Waals surface area contributed by atoms with Crippen molar-refractivity contribution < 1.29 is 14.3 Å². The Balaban J connectivity index is 1.33. The van der Waals surface area contributed by atoms with Crippen molar-refractivity contribution in [1.29, 1.82) is 0 Å². The van der Waals surface area contributed by atoms with Gasteiger partial charge in [0.25, 0.3) is 5.91 Å². The fourth-order valence-electron chi connectivity index (χ4n) is 3.35. The number of methoxy groups -OCH3 is 1. The van der Waals surface area contributed by atoms with Gasteiger partial charge in [0.2, 0.25) is 0 Å². The lowest BCUT2D eigenvalue weighted by Gasteiger charge is -2.14. The van der Waals surface area contributed by atoms with Gasteiger partial charge in [-0.05, 0) is 67.1 Å². The van der Waals surface area contributed by atoms with E-state index in [1.165, 1.54) is 0 Å². The molecule has 172 valence electrons. The van der Waals surface area contributed by atoms with Crippen LogP contribution in [-0.4, -0.2) is 28.8 Å². The standard InChI is InChI=1S/C26H25N5O3/c1-18(19-8-10-21(11-9-19)29-26(33)28-20-6-4-3-5-7-20)27-25(32)24-16-17-31(30-24)22-12-14-23(34-2)15-13-22/h3-18H,1-2H3,(H,27,32)(H2,28,29,33). The van der Waals surface area contributed by atoms with E-state index in [-0.39, 0.29) is 18.0 Å². The van der Waals surface area contributed by atoms with Crippen molar-refractivity contribution in [3.05, 3.63) is 102 Å². The topological polar surface area (TPSA) is 97.3 Å². The molecule has 0 fully saturated rings. The summed E-state index contributed by atoms with van der Waals surface area (Å²) in [5.74, 6) is 0.477. The van der Waals surface area contributed by atoms with Crippen molar-refractivity contribution in [3.63, 3.8) is 0 Å². The van der Waals surface area contributed by atoms with E-state index in [1.807, 2.05) is 73.7 Å². The molecule has 3 N–H and O–H groups in total. The maximum absolute atomic E-state index is 12.7. The number of rotatable bonds is 7. The zero-order valence-electron chi connectivity index (χ0n) is 18.9. The molecule has 4 rings (SSSR count). The van der Waals surface area contributed by atoms with Gasteiger partial charge in [-0.25, -0.2) is 9.48 Å². The first-order chi connectivity index (χ1) is 16.5. The minimum Gasteiger partial charge on any atom is -0.497 e. The maximum Gasteiger partial charge on any atom is 0.323 e. The third-order valence-corrected chi connectivity index (χ3v) is 5.21. The molecule has 34 heavy (non-hydrogen) atoms. The molecule has 0 spiro atoms. The van der Waals surface area contributed by atoms with Gasteiger partial charge in [-0.3, -0.25) is 4.79 Å². The summed E-state index contributed by atoms with van der Waals surface area (Å²) in [6.07, 6.45) is 1.74. The van der Waals surface area contributed by atoms with Gasteiger partial charge in [0.05, 0.1) is 18.8 Å². The number of amides is 3. The molecule has 4 aromatic rings. The molecule has 8 nitrogen and oxygen atoms in total. The summed E-state index contributed by atoms with van der Waals surface area (Å²) >= 11 is 0. The highest BCUT2D eigenvalue weighted by Crippen LogP contribution is 2.18. The van der Waals surface area contributed by atoms with E-state index >= 15 is 0 Å². The van der Waals surface area contributed by atoms with Gasteiger partial charge >= 0.3 is 6.03 Å². The molecule has 0 saturated carbocycles. The van der Waals surface area contributed by atoms with E-state index in [9.17, 15) is 9.59 Å². The van der Waals surface area contributed by atoms with Crippen LogP contribution >= 0.6 is 0 Å². The first kappa shape index (κ1) is 22.6. The van der Waals surface area contributed by atoms with Crippen LogP contribution in [-0.2, 0) is 0 Å². The van der Waals surface area contributed by atoms with E-state index in [0.717, 1.165) is 17.0 Å². The van der Waals surface area contributed by atoms with Crippen molar-refractivity contribution in [2.24, 2.45) is 0 Å². The maximum atomic E-state index is 12.7. The van der Waals surface area contributed by atoms with Crippen molar-refractivity contribution in [3.8, 4) is 11.4 Å². The van der Waals surface area contributed by atoms with Crippen LogP contribution in [0.2, 0.25) is 0 Å². The second-order valence-corrected chi connectivity index (χ2v) is 7.61. The van der Waals surface area contributed by atoms with Crippen LogP contribution in [0.3, 0.4) is 0 Å². The quantitative estimate of drug-likeness (QED) is 0.365. The Bertz CT molecular complexity index is 1250. The normalized spacial score (nSPS) is 11.4. The second-order valence-electron chi connectivity index (χ2n) is 7.61. The van der Waals surface area contributed by atoms with Crippen molar-refractivity contribution >= 4 is 23.3 Å². The number of nitrogens with one attached hydrogen (secondary N) is 3. The first-order valence-corrected chi connectivity index (χ1v) is 10.8. The summed E-state index contributed by atoms with van der Waals surface area (Å²) in [6, 6.07) is 25.0. The summed E-state index contributed by atoms with van der Waals surface area (Å²) in [4.78, 5) is 24.8. The van der Waals surface area contributed by atoms with Crippen LogP contribution in [0.1, 0.15) is 29.0 Å². The van der Waals surface area contributed by atoms with Crippen LogP contribution in [0.25, 0.3) is 5.69 Å². The highest BCUT2D eigenvalue weighted by atomic mass is 16.5. The largest absolute Gasteiger partial charge is 0.497 e. The Hall–Kier alpha value is -4.59. The van der Waals surface area contributed by atoms with Gasteiger partial charge in [-0.2, -0.15) is 5.10 Å². The zero-order chi connectivity index (χ0) is 23.9. The smallest absolute Gasteiger partial charge is 0.323 e. The monoisotopic (exact) mass is 455 g/mol. The summed E-state index contributed by atoms with van der Waals surface area (Å²) in [5.41, 5.74) is 3.40. The van der Waals surface area contributed by atoms with Gasteiger partial charge in [0.1, 0.15) is 5.75 Å². The highest BCUT2D eigenvalue weighted by molar-refractivity contribution is 5.99. The fourth-order valence-corrected chi connectivity index (χ4v) is 3.35. The highest BCUT2D eigenvalue weighted by Gasteiger charge is 2.15. The first-order valence-electron chi connectivity index (χ1n) is 10.8. The number of hydrogen-bond acceptors (Lipinski definition) is 4. The number of ether oxygens (including phenoxy) is 1. The molecule has 8 heteroatoms. The minimum atomic E-state index is -0.326. The molecular formula is C26H25N5O3. The Morgan fingerprint density at radius 3 is 2.15 bits per heavy atom. The van der Waals surface area contributed by atoms with Crippen LogP contribution in [0.4, 0.5) is 16.2 Å². The summed E-state index contributed by atoms with van der Waals surface area (Å²) in [5, 5.41) is 12.9. The molecule has 0 saturated heterocycles. The van der Waals surface area contributed by atoms with E-state index < -0.39 is 0 Å². The molecule has 0 bridgehead atoms. The second kappa shape index (κ2) is 10.4. The van der Waals surface area contributed by atoms with Crippen LogP contribution in [0, 0.1) is 0 Å². The van der Waals surface area contributed by atoms with Crippen LogP contribution in [0.5, 0.6) is 5.75 Å². The van der Waals surface area contributed by atoms with Crippen molar-refractivity contribution in [2.45, 2.75) is 13.0 Å². The molecule has 0 aliphatic carbocycles. The van der Waals surface area contributed by atoms with E-state index in [0.29, 0.717) is 17.1 Å². The number of anilines is 2. The van der Waals surface area contributed by atoms with Gasteiger partial charge in [-0.15, -0.1) is 0 Å². The average molecular weight is 456 g/mol. The molecule has 1 unspecified atom stereocenters. The number of carbonyl (C=O) groups is 2. The number of carbonyl (C=O) groups excluding carboxylic acids is 2. The minimum absolute atomic E-state index is 0.245. The van der Waals surface area contributed by atoms with Gasteiger partial charge in [0, 0.05) is 17.6 Å². The molecule has 1 atom stereocenters. The predicted molar refractivity (Wildman–Crippen MR) is 132 cm³/mol. The van der Waals surface area contributed by atoms with E-state index in [1.54, 1.807) is 36.2 Å². The SMILES string of the molecule is COc1ccc(-n2ccc(C(=O)NC(C)c3ccc(NC(=O)Nc4ccccc4)cc3)n2)cc1. The van der Waals surface area contributed by atoms with E-state index in [4.69, 9.17) is 4.74 Å². The van der Waals surface area contributed by atoms with Gasteiger partial charge in [-0.1, -0.05) is 30.3 Å². The van der Waals surface area contributed by atoms with Crippen LogP contribution in [0.15, 0.2) is 91.1 Å². The molecule has 1 heterocycles. The molecule has 1 aromatic heterocycles. The zero-order valence-corrected chi connectivity index (χ0v) is 18.9. The predicted octanol–water partition coefficient (Wildman–Crippen LogP) is 5.02. The average Bonchev–Trinajstić information content (AvgIpc) is 3.36. The number of para-hydroxylation sites is 1. The van der Waals surface area contributed by atoms with Gasteiger partial charge in [0.15, 0.2) is 5.69 Å². The number of urea groups is 1. The lowest BCUT2D eigenvalue weighted by Crippen LogP contribution is -2.27. The Morgan fingerprint density at radius 1 is 0.853 bits per heavy atom. The number of aromatic nitrogens is 2. The van der Waals surface area contributed by atoms with E-state index in [2.05, 4.69) is 21.0 Å². The Morgan fingerprint density at radius 2 is 1.50 bits per heavy atom. The summed E-state index contributed by atoms with van der Waals surface area (Å²) in [6.45, 7) is 1.89. The molecular weight excluding hydrogens is 430 g/mol. The molecule has 0 aliphatic heterocycles. The lowest BCUT2D eigenvalue weighted by molar-refractivity contribution is 0.0934. The van der Waals surface area contributed by atoms with Crippen molar-refractivity contribution in [2.75, 3.05) is 17.7 Å². The number of hydrogen-bond donors (Lipinski definition) is 3. The molecule has 3 aromatic carbocycles. The third-order valence-electron chi connectivity index (χ3n) is 5.21. The molecule has 0 aliphatic rings. The Kier molecular flexibility index (Phi) is 6.88. The fraction of sp³-hybridized carbons (Fsp3) is 0.115. The summed E-state index contributed by atoms with van der Waals surface area (Å²) < 4.78 is 6.81. The lowest BCUT2D eigenvalue weighted by atomic mass is 10.1.